The number of carbonyl (C=O) groups excluding carboxylic acids is 1. The number of hydrogen-bond acceptors (Lipinski definition) is 4. The van der Waals surface area contributed by atoms with Crippen molar-refractivity contribution in [1.29, 1.82) is 0 Å². The van der Waals surface area contributed by atoms with Crippen molar-refractivity contribution in [3.05, 3.63) is 28.2 Å². The maximum Gasteiger partial charge on any atom is 0.257 e. The van der Waals surface area contributed by atoms with E-state index in [0.717, 1.165) is 17.3 Å². The summed E-state index contributed by atoms with van der Waals surface area (Å²) >= 11 is 3.32. The number of benzene rings is 1. The number of methoxy groups -OCH3 is 1. The number of nitrogens with zero attached hydrogens (tertiary/aromatic N) is 1. The van der Waals surface area contributed by atoms with E-state index in [0.29, 0.717) is 18.7 Å². The summed E-state index contributed by atoms with van der Waals surface area (Å²) in [7, 11) is 1.68. The van der Waals surface area contributed by atoms with Crippen molar-refractivity contribution in [3.8, 4) is 5.75 Å². The van der Waals surface area contributed by atoms with Crippen LogP contribution in [0, 0.1) is 0 Å². The quantitative estimate of drug-likeness (QED) is 0.877. The number of hydrogen-bond donors (Lipinski definition) is 2. The maximum absolute atomic E-state index is 12.6. The third-order valence-electron chi connectivity index (χ3n) is 3.72. The Kier molecular flexibility index (Phi) is 5.01. The molecule has 1 amide bonds. The normalized spacial score (nSPS) is 22.9. The Hall–Kier alpha value is -1.11. The van der Waals surface area contributed by atoms with Crippen LogP contribution in [-0.4, -0.2) is 48.3 Å². The first-order chi connectivity index (χ1) is 9.56. The van der Waals surface area contributed by atoms with Crippen LogP contribution in [0.1, 0.15) is 23.2 Å². The molecule has 0 aromatic heterocycles. The largest absolute Gasteiger partial charge is 0.507 e. The molecule has 0 radical (unpaired) electrons. The van der Waals surface area contributed by atoms with Gasteiger partial charge < -0.3 is 20.5 Å². The van der Waals surface area contributed by atoms with Gasteiger partial charge in [0.25, 0.3) is 5.91 Å². The smallest absolute Gasteiger partial charge is 0.257 e. The van der Waals surface area contributed by atoms with Gasteiger partial charge >= 0.3 is 0 Å². The summed E-state index contributed by atoms with van der Waals surface area (Å²) in [6.07, 6.45) is 1.66. The van der Waals surface area contributed by atoms with Crippen LogP contribution in [0.25, 0.3) is 0 Å². The van der Waals surface area contributed by atoms with Crippen molar-refractivity contribution in [3.63, 3.8) is 0 Å². The minimum absolute atomic E-state index is 0.0113. The molecule has 110 valence electrons. The number of ether oxygens (including phenoxy) is 1. The summed E-state index contributed by atoms with van der Waals surface area (Å²) in [6, 6.07) is 4.79. The Morgan fingerprint density at radius 1 is 1.60 bits per heavy atom. The molecule has 1 aliphatic heterocycles. The molecule has 2 unspecified atom stereocenters. The number of aromatic hydroxyl groups is 1. The van der Waals surface area contributed by atoms with E-state index in [1.807, 2.05) is 0 Å². The van der Waals surface area contributed by atoms with Gasteiger partial charge in [0.05, 0.1) is 11.7 Å². The van der Waals surface area contributed by atoms with Crippen LogP contribution >= 0.6 is 15.9 Å². The fraction of sp³-hybridized carbons (Fsp3) is 0.500. The molecule has 0 bridgehead atoms. The lowest BCUT2D eigenvalue weighted by Crippen LogP contribution is -2.51. The molecule has 1 aliphatic rings. The highest BCUT2D eigenvalue weighted by molar-refractivity contribution is 9.10. The molecule has 6 heteroatoms. The average molecular weight is 343 g/mol. The molecule has 0 aliphatic carbocycles. The summed E-state index contributed by atoms with van der Waals surface area (Å²) < 4.78 is 6.11. The first-order valence-electron chi connectivity index (χ1n) is 6.59. The number of nitrogens with two attached hydrogens (primary N) is 1. The topological polar surface area (TPSA) is 75.8 Å². The SMILES string of the molecule is COC1CCN(C(=O)c2cc(Br)ccc2O)C(CN)C1. The van der Waals surface area contributed by atoms with Gasteiger partial charge in [0.2, 0.25) is 0 Å². The van der Waals surface area contributed by atoms with Gasteiger partial charge in [-0.25, -0.2) is 0 Å². The van der Waals surface area contributed by atoms with Gasteiger partial charge in [0.15, 0.2) is 0 Å². The van der Waals surface area contributed by atoms with E-state index in [9.17, 15) is 9.90 Å². The van der Waals surface area contributed by atoms with Crippen molar-refractivity contribution in [2.75, 3.05) is 20.2 Å². The highest BCUT2D eigenvalue weighted by atomic mass is 79.9. The average Bonchev–Trinajstić information content (AvgIpc) is 2.48. The zero-order valence-corrected chi connectivity index (χ0v) is 13.0. The standard InChI is InChI=1S/C14H19BrN2O3/c1-20-11-4-5-17(10(7-11)8-16)14(19)12-6-9(15)2-3-13(12)18/h2-3,6,10-11,18H,4-5,7-8,16H2,1H3. The van der Waals surface area contributed by atoms with Gasteiger partial charge in [0.1, 0.15) is 5.75 Å². The molecule has 20 heavy (non-hydrogen) atoms. The van der Waals surface area contributed by atoms with E-state index in [-0.39, 0.29) is 23.8 Å². The van der Waals surface area contributed by atoms with Crippen molar-refractivity contribution in [2.24, 2.45) is 5.73 Å². The second kappa shape index (κ2) is 6.56. The maximum atomic E-state index is 12.6. The molecule has 5 nitrogen and oxygen atoms in total. The second-order valence-electron chi connectivity index (χ2n) is 4.93. The lowest BCUT2D eigenvalue weighted by Gasteiger charge is -2.38. The number of likely N-dealkylation sites (tertiary alicyclic amines) is 1. The van der Waals surface area contributed by atoms with E-state index < -0.39 is 0 Å². The molecule has 2 atom stereocenters. The first-order valence-corrected chi connectivity index (χ1v) is 7.38. The summed E-state index contributed by atoms with van der Waals surface area (Å²) in [5.41, 5.74) is 6.07. The zero-order chi connectivity index (χ0) is 14.7. The number of carbonyl (C=O) groups is 1. The van der Waals surface area contributed by atoms with Crippen molar-refractivity contribution >= 4 is 21.8 Å². The van der Waals surface area contributed by atoms with Crippen LogP contribution in [-0.2, 0) is 4.74 Å². The van der Waals surface area contributed by atoms with Crippen LogP contribution < -0.4 is 5.73 Å². The molecule has 1 fully saturated rings. The van der Waals surface area contributed by atoms with Crippen molar-refractivity contribution in [2.45, 2.75) is 25.0 Å². The molecular formula is C14H19BrN2O3. The Morgan fingerprint density at radius 2 is 2.35 bits per heavy atom. The number of phenols is 1. The fourth-order valence-electron chi connectivity index (χ4n) is 2.55. The van der Waals surface area contributed by atoms with Crippen LogP contribution in [0.2, 0.25) is 0 Å². The number of rotatable bonds is 3. The van der Waals surface area contributed by atoms with E-state index in [4.69, 9.17) is 10.5 Å². The summed E-state index contributed by atoms with van der Waals surface area (Å²) in [4.78, 5) is 14.3. The van der Waals surface area contributed by atoms with Crippen LogP contribution in [0.5, 0.6) is 5.75 Å². The molecule has 1 heterocycles. The van der Waals surface area contributed by atoms with E-state index in [1.54, 1.807) is 24.1 Å². The van der Waals surface area contributed by atoms with Crippen LogP contribution in [0.15, 0.2) is 22.7 Å². The first kappa shape index (κ1) is 15.3. The second-order valence-corrected chi connectivity index (χ2v) is 5.85. The number of halogens is 1. The van der Waals surface area contributed by atoms with Gasteiger partial charge in [0, 0.05) is 30.7 Å². The van der Waals surface area contributed by atoms with Gasteiger partial charge in [-0.3, -0.25) is 4.79 Å². The van der Waals surface area contributed by atoms with Gasteiger partial charge in [-0.05, 0) is 31.0 Å². The molecule has 0 saturated carbocycles. The zero-order valence-electron chi connectivity index (χ0n) is 11.4. The highest BCUT2D eigenvalue weighted by Crippen LogP contribution is 2.27. The molecule has 1 aromatic rings. The van der Waals surface area contributed by atoms with E-state index in [1.165, 1.54) is 6.07 Å². The Morgan fingerprint density at radius 3 is 3.00 bits per heavy atom. The highest BCUT2D eigenvalue weighted by Gasteiger charge is 2.32. The molecule has 3 N–H and O–H groups in total. The molecule has 1 aromatic carbocycles. The molecular weight excluding hydrogens is 324 g/mol. The van der Waals surface area contributed by atoms with Crippen LogP contribution in [0.4, 0.5) is 0 Å². The Balaban J connectivity index is 2.21. The molecule has 2 rings (SSSR count). The number of phenolic OH excluding ortho intramolecular Hbond substituents is 1. The lowest BCUT2D eigenvalue weighted by atomic mass is 9.98. The van der Waals surface area contributed by atoms with Gasteiger partial charge in [-0.2, -0.15) is 0 Å². The Bertz CT molecular complexity index is 495. The number of amides is 1. The third kappa shape index (κ3) is 3.13. The monoisotopic (exact) mass is 342 g/mol. The van der Waals surface area contributed by atoms with Crippen LogP contribution in [0.3, 0.4) is 0 Å². The van der Waals surface area contributed by atoms with E-state index >= 15 is 0 Å². The molecule has 0 spiro atoms. The minimum atomic E-state index is -0.186. The van der Waals surface area contributed by atoms with E-state index in [2.05, 4.69) is 15.9 Å². The Labute approximate surface area is 126 Å². The van der Waals surface area contributed by atoms with Gasteiger partial charge in [-0.1, -0.05) is 15.9 Å². The van der Waals surface area contributed by atoms with Crippen molar-refractivity contribution < 1.29 is 14.6 Å². The summed E-state index contributed by atoms with van der Waals surface area (Å²) in [6.45, 7) is 0.978. The predicted molar refractivity (Wildman–Crippen MR) is 79.7 cm³/mol. The lowest BCUT2D eigenvalue weighted by molar-refractivity contribution is 0.0138. The van der Waals surface area contributed by atoms with Crippen molar-refractivity contribution in [1.82, 2.24) is 4.90 Å². The predicted octanol–water partition coefficient (Wildman–Crippen LogP) is 1.73. The summed E-state index contributed by atoms with van der Waals surface area (Å²) in [5, 5.41) is 9.87. The third-order valence-corrected chi connectivity index (χ3v) is 4.22. The molecule has 1 saturated heterocycles. The van der Waals surface area contributed by atoms with Gasteiger partial charge in [-0.15, -0.1) is 0 Å². The minimum Gasteiger partial charge on any atom is -0.507 e. The summed E-state index contributed by atoms with van der Waals surface area (Å²) in [5.74, 6) is -0.198. The fourth-order valence-corrected chi connectivity index (χ4v) is 2.91. The number of piperidine rings is 1.